The van der Waals surface area contributed by atoms with Crippen molar-refractivity contribution >= 4 is 5.91 Å². The monoisotopic (exact) mass is 265 g/mol. The van der Waals surface area contributed by atoms with Crippen LogP contribution in [0.3, 0.4) is 0 Å². The Labute approximate surface area is 114 Å². The Kier molecular flexibility index (Phi) is 3.94. The van der Waals surface area contributed by atoms with Crippen LogP contribution in [0.4, 0.5) is 0 Å². The first-order valence-corrected chi connectivity index (χ1v) is 6.90. The fourth-order valence-corrected chi connectivity index (χ4v) is 3.08. The van der Waals surface area contributed by atoms with Gasteiger partial charge in [-0.05, 0) is 31.7 Å². The van der Waals surface area contributed by atoms with Crippen LogP contribution in [-0.4, -0.2) is 32.9 Å². The van der Waals surface area contributed by atoms with Crippen molar-refractivity contribution < 1.29 is 9.90 Å². The van der Waals surface area contributed by atoms with Crippen molar-refractivity contribution in [1.29, 1.82) is 0 Å². The van der Waals surface area contributed by atoms with Crippen molar-refractivity contribution in [3.8, 4) is 0 Å². The van der Waals surface area contributed by atoms with E-state index in [0.717, 1.165) is 25.0 Å². The average molecular weight is 265 g/mol. The number of aromatic nitrogens is 2. The zero-order valence-corrected chi connectivity index (χ0v) is 11.9. The second-order valence-corrected chi connectivity index (χ2v) is 5.89. The minimum Gasteiger partial charge on any atom is -0.394 e. The second kappa shape index (κ2) is 5.33. The maximum Gasteiger partial charge on any atom is 0.270 e. The molecule has 106 valence electrons. The molecule has 2 unspecified atom stereocenters. The molecule has 5 heteroatoms. The van der Waals surface area contributed by atoms with Gasteiger partial charge in [-0.3, -0.25) is 9.48 Å². The Hall–Kier alpha value is -1.36. The lowest BCUT2D eigenvalue weighted by atomic mass is 9.77. The van der Waals surface area contributed by atoms with Gasteiger partial charge in [-0.2, -0.15) is 5.10 Å². The van der Waals surface area contributed by atoms with Gasteiger partial charge in [0.05, 0.1) is 17.8 Å². The van der Waals surface area contributed by atoms with Crippen LogP contribution in [0.2, 0.25) is 0 Å². The third-order valence-corrected chi connectivity index (χ3v) is 4.01. The molecule has 0 saturated heterocycles. The van der Waals surface area contributed by atoms with Gasteiger partial charge in [-0.15, -0.1) is 0 Å². The van der Waals surface area contributed by atoms with Crippen LogP contribution >= 0.6 is 0 Å². The van der Waals surface area contributed by atoms with Gasteiger partial charge in [0.25, 0.3) is 5.91 Å². The predicted molar refractivity (Wildman–Crippen MR) is 72.9 cm³/mol. The largest absolute Gasteiger partial charge is 0.394 e. The minimum atomic E-state index is -0.465. The van der Waals surface area contributed by atoms with E-state index in [1.807, 2.05) is 6.92 Å². The Morgan fingerprint density at radius 2 is 2.42 bits per heavy atom. The van der Waals surface area contributed by atoms with Crippen molar-refractivity contribution in [2.45, 2.75) is 45.1 Å². The second-order valence-electron chi connectivity index (χ2n) is 5.89. The number of nitrogens with one attached hydrogen (secondary N) is 1. The molecule has 5 nitrogen and oxygen atoms in total. The van der Waals surface area contributed by atoms with E-state index in [1.54, 1.807) is 17.8 Å². The van der Waals surface area contributed by atoms with Crippen LogP contribution in [0.5, 0.6) is 0 Å². The van der Waals surface area contributed by atoms with Gasteiger partial charge in [-0.25, -0.2) is 0 Å². The number of carbonyl (C=O) groups is 1. The molecule has 1 aliphatic rings. The summed E-state index contributed by atoms with van der Waals surface area (Å²) in [6, 6.07) is 1.77. The molecule has 1 saturated carbocycles. The molecule has 1 aromatic rings. The zero-order valence-electron chi connectivity index (χ0n) is 11.9. The molecule has 19 heavy (non-hydrogen) atoms. The quantitative estimate of drug-likeness (QED) is 0.868. The maximum atomic E-state index is 12.3. The van der Waals surface area contributed by atoms with Crippen molar-refractivity contribution in [2.75, 3.05) is 6.61 Å². The number of rotatable bonds is 3. The van der Waals surface area contributed by atoms with Crippen molar-refractivity contribution in [3.63, 3.8) is 0 Å². The molecule has 0 aromatic carbocycles. The molecule has 1 aromatic heterocycles. The SMILES string of the molecule is Cc1cc(C(=O)NC2(CO)CCCC(C)C2)n(C)n1. The van der Waals surface area contributed by atoms with E-state index >= 15 is 0 Å². The minimum absolute atomic E-state index is 0.0000857. The van der Waals surface area contributed by atoms with E-state index in [4.69, 9.17) is 0 Å². The van der Waals surface area contributed by atoms with Gasteiger partial charge >= 0.3 is 0 Å². The molecule has 0 radical (unpaired) electrons. The average Bonchev–Trinajstić information content (AvgIpc) is 2.68. The third-order valence-electron chi connectivity index (χ3n) is 4.01. The normalized spacial score (nSPS) is 27.3. The number of nitrogens with zero attached hydrogens (tertiary/aromatic N) is 2. The van der Waals surface area contributed by atoms with E-state index in [9.17, 15) is 9.90 Å². The Balaban J connectivity index is 2.14. The van der Waals surface area contributed by atoms with Gasteiger partial charge in [-0.1, -0.05) is 19.8 Å². The molecule has 1 fully saturated rings. The van der Waals surface area contributed by atoms with E-state index < -0.39 is 5.54 Å². The summed E-state index contributed by atoms with van der Waals surface area (Å²) >= 11 is 0. The van der Waals surface area contributed by atoms with Crippen molar-refractivity contribution in [2.24, 2.45) is 13.0 Å². The first kappa shape index (κ1) is 14.1. The van der Waals surface area contributed by atoms with Gasteiger partial charge in [0.1, 0.15) is 5.69 Å². The molecule has 2 atom stereocenters. The summed E-state index contributed by atoms with van der Waals surface area (Å²) in [7, 11) is 1.76. The van der Waals surface area contributed by atoms with Gasteiger partial charge < -0.3 is 10.4 Å². The highest BCUT2D eigenvalue weighted by atomic mass is 16.3. The summed E-state index contributed by atoms with van der Waals surface area (Å²) in [4.78, 5) is 12.3. The van der Waals surface area contributed by atoms with Crippen LogP contribution in [0.1, 0.15) is 48.8 Å². The number of amides is 1. The molecule has 0 spiro atoms. The van der Waals surface area contributed by atoms with E-state index in [-0.39, 0.29) is 12.5 Å². The highest BCUT2D eigenvalue weighted by Gasteiger charge is 2.36. The lowest BCUT2D eigenvalue weighted by Crippen LogP contribution is -2.54. The molecule has 0 bridgehead atoms. The van der Waals surface area contributed by atoms with Gasteiger partial charge in [0.15, 0.2) is 0 Å². The lowest BCUT2D eigenvalue weighted by Gasteiger charge is -2.39. The van der Waals surface area contributed by atoms with Crippen molar-refractivity contribution in [3.05, 3.63) is 17.5 Å². The third kappa shape index (κ3) is 2.97. The number of hydrogen-bond acceptors (Lipinski definition) is 3. The summed E-state index contributed by atoms with van der Waals surface area (Å²) in [5.74, 6) is 0.390. The number of aliphatic hydroxyl groups is 1. The van der Waals surface area contributed by atoms with E-state index in [0.29, 0.717) is 11.6 Å². The first-order valence-electron chi connectivity index (χ1n) is 6.90. The predicted octanol–water partition coefficient (Wildman–Crippen LogP) is 1.40. The number of aliphatic hydroxyl groups excluding tert-OH is 1. The summed E-state index contributed by atoms with van der Waals surface area (Å²) in [5, 5.41) is 16.9. The summed E-state index contributed by atoms with van der Waals surface area (Å²) in [5.41, 5.74) is 0.902. The molecule has 2 rings (SSSR count). The summed E-state index contributed by atoms with van der Waals surface area (Å²) < 4.78 is 1.59. The van der Waals surface area contributed by atoms with Crippen LogP contribution in [-0.2, 0) is 7.05 Å². The van der Waals surface area contributed by atoms with Crippen LogP contribution in [0, 0.1) is 12.8 Å². The zero-order chi connectivity index (χ0) is 14.0. The van der Waals surface area contributed by atoms with Crippen molar-refractivity contribution in [1.82, 2.24) is 15.1 Å². The summed E-state index contributed by atoms with van der Waals surface area (Å²) in [6.07, 6.45) is 3.90. The van der Waals surface area contributed by atoms with Crippen LogP contribution < -0.4 is 5.32 Å². The fraction of sp³-hybridized carbons (Fsp3) is 0.714. The van der Waals surface area contributed by atoms with Crippen LogP contribution in [0.15, 0.2) is 6.07 Å². The molecule has 2 N–H and O–H groups in total. The smallest absolute Gasteiger partial charge is 0.270 e. The molecular weight excluding hydrogens is 242 g/mol. The standard InChI is InChI=1S/C14H23N3O2/c1-10-5-4-6-14(8-10,9-18)15-13(19)12-7-11(2)16-17(12)3/h7,10,18H,4-6,8-9H2,1-3H3,(H,15,19). The topological polar surface area (TPSA) is 67.2 Å². The van der Waals surface area contributed by atoms with Gasteiger partial charge in [0.2, 0.25) is 0 Å². The molecule has 1 amide bonds. The van der Waals surface area contributed by atoms with Gasteiger partial charge in [0, 0.05) is 7.05 Å². The number of aryl methyl sites for hydroxylation is 2. The molecule has 1 heterocycles. The first-order chi connectivity index (χ1) is 8.96. The maximum absolute atomic E-state index is 12.3. The van der Waals surface area contributed by atoms with E-state index in [2.05, 4.69) is 17.3 Å². The molecule has 0 aliphatic heterocycles. The van der Waals surface area contributed by atoms with E-state index in [1.165, 1.54) is 6.42 Å². The molecular formula is C14H23N3O2. The van der Waals surface area contributed by atoms with Crippen LogP contribution in [0.25, 0.3) is 0 Å². The number of hydrogen-bond donors (Lipinski definition) is 2. The number of carbonyl (C=O) groups excluding carboxylic acids is 1. The highest BCUT2D eigenvalue weighted by Crippen LogP contribution is 2.32. The molecule has 1 aliphatic carbocycles. The highest BCUT2D eigenvalue weighted by molar-refractivity contribution is 5.93. The Morgan fingerprint density at radius 3 is 2.95 bits per heavy atom. The Bertz CT molecular complexity index is 469. The lowest BCUT2D eigenvalue weighted by molar-refractivity contribution is 0.0689. The summed E-state index contributed by atoms with van der Waals surface area (Å²) in [6.45, 7) is 4.03. The Morgan fingerprint density at radius 1 is 1.68 bits per heavy atom. The fourth-order valence-electron chi connectivity index (χ4n) is 3.08.